The van der Waals surface area contributed by atoms with E-state index in [9.17, 15) is 19.5 Å². The summed E-state index contributed by atoms with van der Waals surface area (Å²) in [6, 6.07) is 15.9. The van der Waals surface area contributed by atoms with Gasteiger partial charge >= 0.3 is 5.97 Å². The zero-order valence-electron chi connectivity index (χ0n) is 24.8. The average molecular weight is 583 g/mol. The summed E-state index contributed by atoms with van der Waals surface area (Å²) in [5.41, 5.74) is 1.97. The number of nitrogens with zero attached hydrogens (tertiary/aromatic N) is 1. The van der Waals surface area contributed by atoms with Crippen LogP contribution in [0.3, 0.4) is 0 Å². The number of amides is 2. The van der Waals surface area contributed by atoms with Gasteiger partial charge in [-0.25, -0.2) is 0 Å². The van der Waals surface area contributed by atoms with E-state index in [1.165, 1.54) is 0 Å². The Hall–Kier alpha value is -3.47. The molecule has 1 aliphatic rings. The minimum Gasteiger partial charge on any atom is -0.497 e. The van der Waals surface area contributed by atoms with Gasteiger partial charge in [0, 0.05) is 32.6 Å². The molecule has 1 heterocycles. The van der Waals surface area contributed by atoms with Crippen LogP contribution in [-0.2, 0) is 32.1 Å². The summed E-state index contributed by atoms with van der Waals surface area (Å²) in [5, 5.41) is 20.4. The Kier molecular flexibility index (Phi) is 14.3. The van der Waals surface area contributed by atoms with Crippen LogP contribution >= 0.6 is 0 Å². The molecular weight excluding hydrogens is 536 g/mol. The lowest BCUT2D eigenvalue weighted by Gasteiger charge is -2.29. The van der Waals surface area contributed by atoms with Gasteiger partial charge in [-0.15, -0.1) is 0 Å². The van der Waals surface area contributed by atoms with Crippen LogP contribution in [0.4, 0.5) is 0 Å². The molecule has 0 aromatic heterocycles. The number of ether oxygens (including phenoxy) is 2. The first-order chi connectivity index (χ1) is 20.4. The molecule has 3 rings (SSSR count). The van der Waals surface area contributed by atoms with Gasteiger partial charge in [0.2, 0.25) is 11.8 Å². The minimum atomic E-state index is -0.902. The largest absolute Gasteiger partial charge is 0.497 e. The average Bonchev–Trinajstić information content (AvgIpc) is 3.01. The van der Waals surface area contributed by atoms with Crippen LogP contribution in [0, 0.1) is 0 Å². The number of methoxy groups -OCH3 is 1. The summed E-state index contributed by atoms with van der Waals surface area (Å²) >= 11 is 0. The summed E-state index contributed by atoms with van der Waals surface area (Å²) in [7, 11) is 1.62. The lowest BCUT2D eigenvalue weighted by Crippen LogP contribution is -2.54. The molecule has 10 nitrogen and oxygen atoms in total. The third-order valence-corrected chi connectivity index (χ3v) is 7.38. The van der Waals surface area contributed by atoms with Gasteiger partial charge in [0.1, 0.15) is 5.75 Å². The Labute approximate surface area is 249 Å². The predicted octanol–water partition coefficient (Wildman–Crippen LogP) is 2.19. The maximum Gasteiger partial charge on any atom is 0.319 e. The van der Waals surface area contributed by atoms with Crippen molar-refractivity contribution in [1.29, 1.82) is 0 Å². The number of aliphatic hydroxyl groups is 1. The monoisotopic (exact) mass is 582 g/mol. The van der Waals surface area contributed by atoms with E-state index in [1.54, 1.807) is 14.0 Å². The second-order valence-electron chi connectivity index (χ2n) is 10.6. The van der Waals surface area contributed by atoms with Crippen LogP contribution in [0.25, 0.3) is 0 Å². The number of piperidine rings is 1. The van der Waals surface area contributed by atoms with E-state index in [0.717, 1.165) is 49.2 Å². The zero-order chi connectivity index (χ0) is 30.2. The van der Waals surface area contributed by atoms with Gasteiger partial charge in [0.15, 0.2) is 0 Å². The lowest BCUT2D eigenvalue weighted by molar-refractivity contribution is -0.142. The van der Waals surface area contributed by atoms with E-state index < -0.39 is 24.2 Å². The number of benzene rings is 2. The molecule has 42 heavy (non-hydrogen) atoms. The maximum absolute atomic E-state index is 13.6. The van der Waals surface area contributed by atoms with E-state index in [0.29, 0.717) is 13.0 Å². The summed E-state index contributed by atoms with van der Waals surface area (Å²) in [5.74, 6) is -0.0870. The molecular formula is C32H46N4O6. The Morgan fingerprint density at radius 1 is 1.00 bits per heavy atom. The van der Waals surface area contributed by atoms with Crippen LogP contribution in [0.15, 0.2) is 54.6 Å². The SMILES string of the molecule is CCOC(=O)CNC(CCC(=O)N1CCCCC1)C(=O)NC(Cc1ccccc1)C(O)CNCc1cccc(OC)c1. The highest BCUT2D eigenvalue weighted by Gasteiger charge is 2.28. The van der Waals surface area contributed by atoms with Gasteiger partial charge in [0.25, 0.3) is 0 Å². The first kappa shape index (κ1) is 33.0. The number of likely N-dealkylation sites (tertiary alicyclic amines) is 1. The van der Waals surface area contributed by atoms with Crippen LogP contribution < -0.4 is 20.7 Å². The van der Waals surface area contributed by atoms with Gasteiger partial charge < -0.3 is 30.1 Å². The normalized spacial score (nSPS) is 15.4. The lowest BCUT2D eigenvalue weighted by atomic mass is 9.99. The van der Waals surface area contributed by atoms with Crippen molar-refractivity contribution in [3.8, 4) is 5.75 Å². The molecule has 1 saturated heterocycles. The topological polar surface area (TPSA) is 129 Å². The molecule has 1 fully saturated rings. The van der Waals surface area contributed by atoms with E-state index in [4.69, 9.17) is 9.47 Å². The van der Waals surface area contributed by atoms with Gasteiger partial charge in [-0.1, -0.05) is 42.5 Å². The number of hydrogen-bond donors (Lipinski definition) is 4. The minimum absolute atomic E-state index is 0.00745. The number of aliphatic hydroxyl groups excluding tert-OH is 1. The molecule has 0 saturated carbocycles. The van der Waals surface area contributed by atoms with Gasteiger partial charge in [-0.2, -0.15) is 0 Å². The number of nitrogens with one attached hydrogen (secondary N) is 3. The van der Waals surface area contributed by atoms with E-state index in [1.807, 2.05) is 59.5 Å². The fourth-order valence-corrected chi connectivity index (χ4v) is 5.04. The summed E-state index contributed by atoms with van der Waals surface area (Å²) in [6.07, 6.45) is 3.01. The highest BCUT2D eigenvalue weighted by atomic mass is 16.5. The third-order valence-electron chi connectivity index (χ3n) is 7.38. The van der Waals surface area contributed by atoms with Crippen molar-refractivity contribution in [1.82, 2.24) is 20.9 Å². The molecule has 10 heteroatoms. The maximum atomic E-state index is 13.6. The third kappa shape index (κ3) is 11.4. The van der Waals surface area contributed by atoms with Crippen LogP contribution in [-0.4, -0.2) is 85.9 Å². The van der Waals surface area contributed by atoms with Crippen molar-refractivity contribution >= 4 is 17.8 Å². The Bertz CT molecular complexity index is 1110. The second kappa shape index (κ2) is 18.1. The molecule has 3 unspecified atom stereocenters. The van der Waals surface area contributed by atoms with Gasteiger partial charge in [-0.05, 0) is 62.3 Å². The molecule has 0 bridgehead atoms. The molecule has 230 valence electrons. The summed E-state index contributed by atoms with van der Waals surface area (Å²) < 4.78 is 10.3. The second-order valence-corrected chi connectivity index (χ2v) is 10.6. The predicted molar refractivity (Wildman–Crippen MR) is 161 cm³/mol. The highest BCUT2D eigenvalue weighted by molar-refractivity contribution is 5.84. The Morgan fingerprint density at radius 2 is 1.74 bits per heavy atom. The van der Waals surface area contributed by atoms with Crippen LogP contribution in [0.1, 0.15) is 50.2 Å². The molecule has 2 aromatic carbocycles. The molecule has 0 aliphatic carbocycles. The number of carbonyl (C=O) groups excluding carboxylic acids is 3. The van der Waals surface area contributed by atoms with E-state index in [2.05, 4.69) is 16.0 Å². The first-order valence-electron chi connectivity index (χ1n) is 14.9. The summed E-state index contributed by atoms with van der Waals surface area (Å²) in [6.45, 7) is 4.03. The van der Waals surface area contributed by atoms with Gasteiger partial charge in [0.05, 0.1) is 38.4 Å². The van der Waals surface area contributed by atoms with Crippen molar-refractivity contribution in [3.63, 3.8) is 0 Å². The fraction of sp³-hybridized carbons (Fsp3) is 0.531. The van der Waals surface area contributed by atoms with Crippen molar-refractivity contribution in [2.24, 2.45) is 0 Å². The van der Waals surface area contributed by atoms with Crippen molar-refractivity contribution in [3.05, 3.63) is 65.7 Å². The quantitative estimate of drug-likeness (QED) is 0.209. The number of esters is 1. The molecule has 2 amide bonds. The Morgan fingerprint density at radius 3 is 2.45 bits per heavy atom. The standard InChI is InChI=1S/C32H46N4O6/c1-3-42-31(39)23-34-27(15-16-30(38)36-17-8-5-9-18-36)32(40)35-28(20-24-11-6-4-7-12-24)29(37)22-33-21-25-13-10-14-26(19-25)41-2/h4,6-7,10-14,19,27-29,33-34,37H,3,5,8-9,15-18,20-23H2,1-2H3,(H,35,40). The molecule has 2 aromatic rings. The van der Waals surface area contributed by atoms with Crippen LogP contribution in [0.2, 0.25) is 0 Å². The molecule has 4 N–H and O–H groups in total. The highest BCUT2D eigenvalue weighted by Crippen LogP contribution is 2.14. The molecule has 1 aliphatic heterocycles. The first-order valence-corrected chi connectivity index (χ1v) is 14.9. The molecule has 0 radical (unpaired) electrons. The fourth-order valence-electron chi connectivity index (χ4n) is 5.04. The Balaban J connectivity index is 1.66. The number of hydrogen-bond acceptors (Lipinski definition) is 8. The zero-order valence-corrected chi connectivity index (χ0v) is 24.8. The smallest absolute Gasteiger partial charge is 0.319 e. The van der Waals surface area contributed by atoms with E-state index in [-0.39, 0.29) is 44.4 Å². The summed E-state index contributed by atoms with van der Waals surface area (Å²) in [4.78, 5) is 40.3. The van der Waals surface area contributed by atoms with Gasteiger partial charge in [-0.3, -0.25) is 19.7 Å². The van der Waals surface area contributed by atoms with Crippen LogP contribution in [0.5, 0.6) is 5.75 Å². The molecule has 0 spiro atoms. The van der Waals surface area contributed by atoms with Crippen molar-refractivity contribution < 1.29 is 29.0 Å². The number of rotatable bonds is 17. The number of carbonyl (C=O) groups is 3. The van der Waals surface area contributed by atoms with Crippen molar-refractivity contribution in [2.75, 3.05) is 39.9 Å². The van der Waals surface area contributed by atoms with Crippen molar-refractivity contribution in [2.45, 2.75) is 70.2 Å². The van der Waals surface area contributed by atoms with E-state index >= 15 is 0 Å². The molecule has 3 atom stereocenters.